The van der Waals surface area contributed by atoms with Crippen LogP contribution in [0.15, 0.2) is 12.1 Å². The second-order valence-electron chi connectivity index (χ2n) is 4.22. The largest absolute Gasteiger partial charge is 0.493 e. The van der Waals surface area contributed by atoms with Crippen LogP contribution in [0.2, 0.25) is 0 Å². The maximum atomic E-state index is 5.69. The predicted octanol–water partition coefficient (Wildman–Crippen LogP) is 2.68. The summed E-state index contributed by atoms with van der Waals surface area (Å²) < 4.78 is 5.69. The van der Waals surface area contributed by atoms with E-state index in [0.717, 1.165) is 24.8 Å². The lowest BCUT2D eigenvalue weighted by atomic mass is 9.85. The highest BCUT2D eigenvalue weighted by Crippen LogP contribution is 2.44. The summed E-state index contributed by atoms with van der Waals surface area (Å²) >= 11 is 0. The fourth-order valence-electron chi connectivity index (χ4n) is 2.59. The standard InChI is InChI=1S/C12H15NO/c1-8-2-3-10-11-9(5-7-14-10)4-6-13-12(8)11/h2-3,9,13H,4-7H2,1H3. The molecule has 2 heterocycles. The number of nitrogens with one attached hydrogen (secondary N) is 1. The highest BCUT2D eigenvalue weighted by molar-refractivity contribution is 5.65. The summed E-state index contributed by atoms with van der Waals surface area (Å²) in [6.45, 7) is 4.17. The number of benzene rings is 1. The third-order valence-corrected chi connectivity index (χ3v) is 3.34. The van der Waals surface area contributed by atoms with Gasteiger partial charge in [-0.25, -0.2) is 0 Å². The van der Waals surface area contributed by atoms with Crippen LogP contribution in [0.5, 0.6) is 5.75 Å². The van der Waals surface area contributed by atoms with Crippen LogP contribution >= 0.6 is 0 Å². The molecule has 0 aliphatic carbocycles. The van der Waals surface area contributed by atoms with Gasteiger partial charge >= 0.3 is 0 Å². The molecule has 0 radical (unpaired) electrons. The Morgan fingerprint density at radius 2 is 2.29 bits per heavy atom. The van der Waals surface area contributed by atoms with E-state index in [-0.39, 0.29) is 0 Å². The molecule has 14 heavy (non-hydrogen) atoms. The quantitative estimate of drug-likeness (QED) is 0.677. The van der Waals surface area contributed by atoms with Gasteiger partial charge < -0.3 is 10.1 Å². The van der Waals surface area contributed by atoms with Crippen LogP contribution < -0.4 is 10.1 Å². The van der Waals surface area contributed by atoms with Gasteiger partial charge in [0.1, 0.15) is 5.75 Å². The van der Waals surface area contributed by atoms with Crippen molar-refractivity contribution in [1.29, 1.82) is 0 Å². The van der Waals surface area contributed by atoms with Crippen LogP contribution in [0.1, 0.15) is 29.9 Å². The van der Waals surface area contributed by atoms with Crippen molar-refractivity contribution in [3.63, 3.8) is 0 Å². The average molecular weight is 189 g/mol. The highest BCUT2D eigenvalue weighted by Gasteiger charge is 2.28. The lowest BCUT2D eigenvalue weighted by molar-refractivity contribution is 0.262. The van der Waals surface area contributed by atoms with Crippen molar-refractivity contribution in [2.45, 2.75) is 25.7 Å². The lowest BCUT2D eigenvalue weighted by Gasteiger charge is -2.33. The molecule has 2 nitrogen and oxygen atoms in total. The van der Waals surface area contributed by atoms with E-state index < -0.39 is 0 Å². The molecule has 0 fully saturated rings. The fraction of sp³-hybridized carbons (Fsp3) is 0.500. The molecule has 0 bridgehead atoms. The molecular formula is C12H15NO. The monoisotopic (exact) mass is 189 g/mol. The SMILES string of the molecule is Cc1ccc2c3c1NCCC3CCO2. The smallest absolute Gasteiger partial charge is 0.124 e. The Morgan fingerprint density at radius 1 is 1.36 bits per heavy atom. The van der Waals surface area contributed by atoms with E-state index in [9.17, 15) is 0 Å². The van der Waals surface area contributed by atoms with Crippen LogP contribution in [0.4, 0.5) is 5.69 Å². The van der Waals surface area contributed by atoms with E-state index in [2.05, 4.69) is 24.4 Å². The normalized spacial score (nSPS) is 23.4. The van der Waals surface area contributed by atoms with Gasteiger partial charge in [0.05, 0.1) is 6.61 Å². The topological polar surface area (TPSA) is 21.3 Å². The maximum Gasteiger partial charge on any atom is 0.124 e. The Balaban J connectivity index is 2.22. The molecule has 2 aliphatic heterocycles. The zero-order chi connectivity index (χ0) is 9.54. The molecule has 0 saturated carbocycles. The summed E-state index contributed by atoms with van der Waals surface area (Å²) in [5.41, 5.74) is 4.11. The molecular weight excluding hydrogens is 174 g/mol. The van der Waals surface area contributed by atoms with Crippen molar-refractivity contribution in [3.05, 3.63) is 23.3 Å². The van der Waals surface area contributed by atoms with Crippen LogP contribution in [0.3, 0.4) is 0 Å². The third-order valence-electron chi connectivity index (χ3n) is 3.34. The van der Waals surface area contributed by atoms with Gasteiger partial charge in [-0.1, -0.05) is 6.07 Å². The van der Waals surface area contributed by atoms with E-state index in [1.807, 2.05) is 0 Å². The number of aryl methyl sites for hydroxylation is 1. The Kier molecular flexibility index (Phi) is 1.69. The first-order valence-electron chi connectivity index (χ1n) is 5.36. The number of ether oxygens (including phenoxy) is 1. The molecule has 1 atom stereocenters. The van der Waals surface area contributed by atoms with Crippen LogP contribution in [0.25, 0.3) is 0 Å². The van der Waals surface area contributed by atoms with Gasteiger partial charge in [-0.2, -0.15) is 0 Å². The Hall–Kier alpha value is -1.18. The lowest BCUT2D eigenvalue weighted by Crippen LogP contribution is -2.23. The summed E-state index contributed by atoms with van der Waals surface area (Å²) in [5, 5.41) is 3.49. The molecule has 74 valence electrons. The van der Waals surface area contributed by atoms with Crippen molar-refractivity contribution >= 4 is 5.69 Å². The zero-order valence-electron chi connectivity index (χ0n) is 8.47. The molecule has 1 aromatic rings. The summed E-state index contributed by atoms with van der Waals surface area (Å²) in [6, 6.07) is 4.27. The summed E-state index contributed by atoms with van der Waals surface area (Å²) in [5.74, 6) is 1.84. The number of hydrogen-bond donors (Lipinski definition) is 1. The van der Waals surface area contributed by atoms with E-state index >= 15 is 0 Å². The Morgan fingerprint density at radius 3 is 3.21 bits per heavy atom. The Labute approximate surface area is 84.3 Å². The first kappa shape index (κ1) is 8.16. The molecule has 0 saturated heterocycles. The van der Waals surface area contributed by atoms with E-state index in [1.54, 1.807) is 0 Å². The first-order valence-corrected chi connectivity index (χ1v) is 5.36. The third kappa shape index (κ3) is 1.03. The minimum atomic E-state index is 0.731. The molecule has 2 heteroatoms. The predicted molar refractivity (Wildman–Crippen MR) is 57.1 cm³/mol. The molecule has 3 rings (SSSR count). The second-order valence-corrected chi connectivity index (χ2v) is 4.22. The first-order chi connectivity index (χ1) is 6.86. The summed E-state index contributed by atoms with van der Waals surface area (Å²) in [7, 11) is 0. The van der Waals surface area contributed by atoms with E-state index in [0.29, 0.717) is 0 Å². The average Bonchev–Trinajstić information content (AvgIpc) is 2.24. The summed E-state index contributed by atoms with van der Waals surface area (Å²) in [6.07, 6.45) is 2.44. The Bertz CT molecular complexity index is 371. The molecule has 2 aliphatic rings. The van der Waals surface area contributed by atoms with Gasteiger partial charge in [0.2, 0.25) is 0 Å². The van der Waals surface area contributed by atoms with Crippen molar-refractivity contribution < 1.29 is 4.74 Å². The molecule has 1 unspecified atom stereocenters. The van der Waals surface area contributed by atoms with Crippen molar-refractivity contribution in [1.82, 2.24) is 0 Å². The van der Waals surface area contributed by atoms with Gasteiger partial charge in [0.15, 0.2) is 0 Å². The number of rotatable bonds is 0. The van der Waals surface area contributed by atoms with Crippen molar-refractivity contribution in [2.24, 2.45) is 0 Å². The van der Waals surface area contributed by atoms with Crippen molar-refractivity contribution in [3.8, 4) is 5.75 Å². The minimum absolute atomic E-state index is 0.731. The van der Waals surface area contributed by atoms with E-state index in [4.69, 9.17) is 4.74 Å². The maximum absolute atomic E-state index is 5.69. The van der Waals surface area contributed by atoms with Crippen LogP contribution in [-0.2, 0) is 0 Å². The van der Waals surface area contributed by atoms with Gasteiger partial charge in [-0.05, 0) is 37.3 Å². The van der Waals surface area contributed by atoms with E-state index in [1.165, 1.54) is 29.7 Å². The number of anilines is 1. The molecule has 0 spiro atoms. The molecule has 0 aromatic heterocycles. The van der Waals surface area contributed by atoms with Gasteiger partial charge in [-0.3, -0.25) is 0 Å². The molecule has 0 amide bonds. The summed E-state index contributed by atoms with van der Waals surface area (Å²) in [4.78, 5) is 0. The number of hydrogen-bond acceptors (Lipinski definition) is 2. The van der Waals surface area contributed by atoms with Gasteiger partial charge in [0, 0.05) is 17.8 Å². The fourth-order valence-corrected chi connectivity index (χ4v) is 2.59. The van der Waals surface area contributed by atoms with Crippen molar-refractivity contribution in [2.75, 3.05) is 18.5 Å². The van der Waals surface area contributed by atoms with Gasteiger partial charge in [0.25, 0.3) is 0 Å². The van der Waals surface area contributed by atoms with Crippen LogP contribution in [0, 0.1) is 6.92 Å². The second kappa shape index (κ2) is 2.91. The minimum Gasteiger partial charge on any atom is -0.493 e. The highest BCUT2D eigenvalue weighted by atomic mass is 16.5. The molecule has 1 N–H and O–H groups in total. The zero-order valence-corrected chi connectivity index (χ0v) is 8.47. The molecule has 1 aromatic carbocycles. The van der Waals surface area contributed by atoms with Crippen LogP contribution in [-0.4, -0.2) is 13.2 Å². The van der Waals surface area contributed by atoms with Gasteiger partial charge in [-0.15, -0.1) is 0 Å².